The molecule has 11 rings (SSSR count). The lowest BCUT2D eigenvalue weighted by Crippen LogP contribution is -1.87. The molecule has 0 aromatic heterocycles. The number of phenolic OH excluding ortho intramolecular Hbond substituents is 1. The van der Waals surface area contributed by atoms with E-state index < -0.39 is 0 Å². The molecule has 0 saturated heterocycles. The molecule has 0 radical (unpaired) electrons. The molecule has 11 aromatic carbocycles. The van der Waals surface area contributed by atoms with Gasteiger partial charge in [0.2, 0.25) is 0 Å². The number of fused-ring (bicyclic) bond motifs is 12. The minimum atomic E-state index is 0.250. The summed E-state index contributed by atoms with van der Waals surface area (Å²) >= 11 is 0. The van der Waals surface area contributed by atoms with Gasteiger partial charge >= 0.3 is 0 Å². The average molecular weight is 699 g/mol. The van der Waals surface area contributed by atoms with Gasteiger partial charge in [-0.2, -0.15) is 0 Å². The predicted molar refractivity (Wildman–Crippen MR) is 235 cm³/mol. The maximum absolute atomic E-state index is 11.1. The monoisotopic (exact) mass is 698 g/mol. The molecule has 0 atom stereocenters. The van der Waals surface area contributed by atoms with Gasteiger partial charge in [-0.3, -0.25) is 0 Å². The molecule has 0 aliphatic carbocycles. The van der Waals surface area contributed by atoms with E-state index in [0.29, 0.717) is 0 Å². The van der Waals surface area contributed by atoms with Crippen LogP contribution in [-0.2, 0) is 0 Å². The average Bonchev–Trinajstić information content (AvgIpc) is 3.26. The zero-order valence-electron chi connectivity index (χ0n) is 30.0. The molecular formula is C54H34O. The van der Waals surface area contributed by atoms with Gasteiger partial charge in [0, 0.05) is 0 Å². The summed E-state index contributed by atoms with van der Waals surface area (Å²) in [6.07, 6.45) is 0. The van der Waals surface area contributed by atoms with Gasteiger partial charge in [0.1, 0.15) is 5.75 Å². The highest BCUT2D eigenvalue weighted by Gasteiger charge is 2.13. The number of hydrogen-bond donors (Lipinski definition) is 1. The Balaban J connectivity index is 0.982. The summed E-state index contributed by atoms with van der Waals surface area (Å²) in [5, 5.41) is 26.2. The summed E-state index contributed by atoms with van der Waals surface area (Å²) < 4.78 is 0. The lowest BCUT2D eigenvalue weighted by molar-refractivity contribution is 0.476. The molecule has 0 aliphatic rings. The molecule has 0 spiro atoms. The molecule has 0 unspecified atom stereocenters. The van der Waals surface area contributed by atoms with Gasteiger partial charge in [-0.05, 0) is 152 Å². The van der Waals surface area contributed by atoms with Crippen LogP contribution in [0.2, 0.25) is 0 Å². The Bertz CT molecular complexity index is 3260. The lowest BCUT2D eigenvalue weighted by Gasteiger charge is -2.14. The Morgan fingerprint density at radius 2 is 0.436 bits per heavy atom. The van der Waals surface area contributed by atoms with E-state index in [-0.39, 0.29) is 5.75 Å². The third kappa shape index (κ3) is 5.16. The third-order valence-corrected chi connectivity index (χ3v) is 11.5. The summed E-state index contributed by atoms with van der Waals surface area (Å²) in [5.74, 6) is 0.250. The van der Waals surface area contributed by atoms with Crippen molar-refractivity contribution in [1.82, 2.24) is 0 Å². The van der Waals surface area contributed by atoms with Crippen LogP contribution in [-0.4, -0.2) is 5.11 Å². The molecule has 256 valence electrons. The fourth-order valence-electron chi connectivity index (χ4n) is 8.88. The maximum Gasteiger partial charge on any atom is 0.116 e. The van der Waals surface area contributed by atoms with E-state index in [9.17, 15) is 5.11 Å². The van der Waals surface area contributed by atoms with Crippen LogP contribution in [0.25, 0.3) is 109 Å². The second kappa shape index (κ2) is 12.4. The van der Waals surface area contributed by atoms with Crippen molar-refractivity contribution in [2.75, 3.05) is 0 Å². The van der Waals surface area contributed by atoms with Crippen LogP contribution >= 0.6 is 0 Å². The maximum atomic E-state index is 11.1. The van der Waals surface area contributed by atoms with Crippen LogP contribution < -0.4 is 0 Å². The molecule has 0 bridgehead atoms. The van der Waals surface area contributed by atoms with Crippen molar-refractivity contribution >= 4 is 64.6 Å². The third-order valence-electron chi connectivity index (χ3n) is 11.5. The van der Waals surface area contributed by atoms with Crippen LogP contribution in [0.3, 0.4) is 0 Å². The van der Waals surface area contributed by atoms with Gasteiger partial charge in [0.15, 0.2) is 0 Å². The summed E-state index contributed by atoms with van der Waals surface area (Å²) in [5.41, 5.74) is 8.75. The van der Waals surface area contributed by atoms with E-state index in [0.717, 1.165) is 33.4 Å². The minimum Gasteiger partial charge on any atom is -0.508 e. The zero-order chi connectivity index (χ0) is 36.5. The second-order valence-electron chi connectivity index (χ2n) is 14.6. The first-order chi connectivity index (χ1) is 27.2. The van der Waals surface area contributed by atoms with Gasteiger partial charge in [0.05, 0.1) is 0 Å². The Kier molecular flexibility index (Phi) is 7.08. The van der Waals surface area contributed by atoms with Crippen molar-refractivity contribution in [1.29, 1.82) is 0 Å². The van der Waals surface area contributed by atoms with Crippen molar-refractivity contribution < 1.29 is 5.11 Å². The van der Waals surface area contributed by atoms with Crippen LogP contribution in [0.15, 0.2) is 200 Å². The number of hydrogen-bond acceptors (Lipinski definition) is 1. The number of aromatic hydroxyl groups is 1. The quantitative estimate of drug-likeness (QED) is 0.181. The summed E-state index contributed by atoms with van der Waals surface area (Å²) in [4.78, 5) is 0. The molecule has 1 heteroatoms. The highest BCUT2D eigenvalue weighted by molar-refractivity contribution is 6.27. The number of phenols is 1. The first-order valence-electron chi connectivity index (χ1n) is 18.9. The first-order valence-corrected chi connectivity index (χ1v) is 18.9. The molecule has 0 fully saturated rings. The molecule has 55 heavy (non-hydrogen) atoms. The van der Waals surface area contributed by atoms with Gasteiger partial charge in [-0.1, -0.05) is 158 Å². The van der Waals surface area contributed by atoms with E-state index in [1.54, 1.807) is 0 Å². The zero-order valence-corrected chi connectivity index (χ0v) is 30.0. The van der Waals surface area contributed by atoms with Crippen LogP contribution in [0.4, 0.5) is 0 Å². The van der Waals surface area contributed by atoms with Gasteiger partial charge in [-0.25, -0.2) is 0 Å². The topological polar surface area (TPSA) is 20.2 Å². The molecule has 0 amide bonds. The predicted octanol–water partition coefficient (Wildman–Crippen LogP) is 15.0. The molecule has 0 aliphatic heterocycles. The van der Waals surface area contributed by atoms with Crippen molar-refractivity contribution in [2.24, 2.45) is 0 Å². The number of benzene rings is 11. The van der Waals surface area contributed by atoms with Crippen LogP contribution in [0, 0.1) is 0 Å². The Labute approximate surface area is 319 Å². The summed E-state index contributed by atoms with van der Waals surface area (Å²) in [7, 11) is 0. The second-order valence-corrected chi connectivity index (χ2v) is 14.6. The molecule has 0 saturated carbocycles. The fourth-order valence-corrected chi connectivity index (χ4v) is 8.88. The largest absolute Gasteiger partial charge is 0.508 e. The molecule has 11 aromatic rings. The normalized spacial score (nSPS) is 11.7. The number of rotatable bonds is 4. The van der Waals surface area contributed by atoms with Crippen molar-refractivity contribution in [3.05, 3.63) is 200 Å². The fraction of sp³-hybridized carbons (Fsp3) is 0. The summed E-state index contributed by atoms with van der Waals surface area (Å²) in [6.45, 7) is 0. The van der Waals surface area contributed by atoms with Gasteiger partial charge < -0.3 is 5.11 Å². The van der Waals surface area contributed by atoms with E-state index in [1.807, 2.05) is 12.1 Å². The minimum absolute atomic E-state index is 0.250. The molecular weight excluding hydrogens is 665 g/mol. The van der Waals surface area contributed by atoms with E-state index >= 15 is 0 Å². The SMILES string of the molecule is Oc1cc(-c2cccc(-c3cccc(-c4ccc5c6ccccc6c6ccccc6c5c4)c3)c2)cc(-c2ccc3c4ccccc4c4ccccc4c3c2)c1. The highest BCUT2D eigenvalue weighted by atomic mass is 16.3. The smallest absolute Gasteiger partial charge is 0.116 e. The Hall–Kier alpha value is -7.22. The highest BCUT2D eigenvalue weighted by Crippen LogP contribution is 2.40. The first kappa shape index (κ1) is 31.3. The molecule has 1 N–H and O–H groups in total. The van der Waals surface area contributed by atoms with E-state index in [1.165, 1.54) is 75.8 Å². The van der Waals surface area contributed by atoms with Crippen LogP contribution in [0.5, 0.6) is 5.75 Å². The Morgan fingerprint density at radius 3 is 0.800 bits per heavy atom. The standard InChI is InChI=1S/C54H34O/c55-42-30-40(29-41(31-42)39-24-26-52-48-20-4-2-16-44(48)46-18-6-8-22-50(46)54(52)33-39)37-14-10-12-35(28-37)34-11-9-13-36(27-34)38-23-25-51-47-19-3-1-15-43(47)45-17-5-7-21-49(45)53(51)32-38/h1-33,55H. The van der Waals surface area contributed by atoms with E-state index in [4.69, 9.17) is 0 Å². The summed E-state index contributed by atoms with van der Waals surface area (Å²) in [6, 6.07) is 71.8. The molecule has 0 heterocycles. The van der Waals surface area contributed by atoms with Crippen LogP contribution in [0.1, 0.15) is 0 Å². The van der Waals surface area contributed by atoms with Crippen molar-refractivity contribution in [2.45, 2.75) is 0 Å². The Morgan fingerprint density at radius 1 is 0.182 bits per heavy atom. The van der Waals surface area contributed by atoms with Gasteiger partial charge in [0.25, 0.3) is 0 Å². The lowest BCUT2D eigenvalue weighted by atomic mass is 9.90. The molecule has 1 nitrogen and oxygen atoms in total. The van der Waals surface area contributed by atoms with Crippen molar-refractivity contribution in [3.8, 4) is 50.3 Å². The van der Waals surface area contributed by atoms with E-state index in [2.05, 4.69) is 188 Å². The van der Waals surface area contributed by atoms with Gasteiger partial charge in [-0.15, -0.1) is 0 Å². The van der Waals surface area contributed by atoms with Crippen molar-refractivity contribution in [3.63, 3.8) is 0 Å².